The zero-order chi connectivity index (χ0) is 23.2. The van der Waals surface area contributed by atoms with Gasteiger partial charge >= 0.3 is 0 Å². The number of ether oxygens (including phenoxy) is 1. The smallest absolute Gasteiger partial charge is 0.291 e. The summed E-state index contributed by atoms with van der Waals surface area (Å²) in [5, 5.41) is 7.54. The van der Waals surface area contributed by atoms with Gasteiger partial charge in [-0.15, -0.1) is 5.10 Å². The minimum Gasteiger partial charge on any atom is -0.497 e. The fraction of sp³-hybridized carbons (Fsp3) is 0.192. The van der Waals surface area contributed by atoms with Gasteiger partial charge in [0.2, 0.25) is 5.82 Å². The molecule has 1 amide bonds. The molecule has 0 saturated heterocycles. The van der Waals surface area contributed by atoms with Crippen molar-refractivity contribution in [2.24, 2.45) is 0 Å². The highest BCUT2D eigenvalue weighted by Crippen LogP contribution is 2.23. The van der Waals surface area contributed by atoms with Crippen molar-refractivity contribution in [2.45, 2.75) is 6.04 Å². The number of aromatic nitrogens is 3. The number of hydrogen-bond acceptors (Lipinski definition) is 5. The summed E-state index contributed by atoms with van der Waals surface area (Å²) < 4.78 is 7.06. The van der Waals surface area contributed by atoms with Gasteiger partial charge in [-0.05, 0) is 43.9 Å². The van der Waals surface area contributed by atoms with E-state index in [1.165, 1.54) is 0 Å². The monoisotopic (exact) mass is 441 g/mol. The van der Waals surface area contributed by atoms with Gasteiger partial charge in [0.05, 0.1) is 18.8 Å². The molecule has 0 spiro atoms. The quantitative estimate of drug-likeness (QED) is 0.448. The summed E-state index contributed by atoms with van der Waals surface area (Å²) in [6.45, 7) is 0.402. The molecule has 0 aliphatic rings. The number of carbonyl (C=O) groups excluding carboxylic acids is 1. The molecule has 4 rings (SSSR count). The van der Waals surface area contributed by atoms with E-state index in [-0.39, 0.29) is 17.8 Å². The molecule has 0 radical (unpaired) electrons. The minimum absolute atomic E-state index is 0.0335. The lowest BCUT2D eigenvalue weighted by Gasteiger charge is -2.25. The average Bonchev–Trinajstić information content (AvgIpc) is 3.31. The van der Waals surface area contributed by atoms with E-state index in [1.807, 2.05) is 99.0 Å². The maximum Gasteiger partial charge on any atom is 0.291 e. The van der Waals surface area contributed by atoms with Crippen molar-refractivity contribution in [1.82, 2.24) is 25.0 Å². The molecule has 7 heteroatoms. The Bertz CT molecular complexity index is 1150. The summed E-state index contributed by atoms with van der Waals surface area (Å²) in [4.78, 5) is 19.7. The third kappa shape index (κ3) is 5.10. The van der Waals surface area contributed by atoms with Gasteiger partial charge in [-0.1, -0.05) is 60.7 Å². The molecule has 7 nitrogen and oxygen atoms in total. The molecule has 1 heterocycles. The Morgan fingerprint density at radius 2 is 1.70 bits per heavy atom. The number of nitrogens with zero attached hydrogens (tertiary/aromatic N) is 4. The first-order chi connectivity index (χ1) is 16.1. The highest BCUT2D eigenvalue weighted by atomic mass is 16.5. The van der Waals surface area contributed by atoms with Gasteiger partial charge in [-0.25, -0.2) is 9.67 Å². The molecule has 1 aromatic heterocycles. The first-order valence-electron chi connectivity index (χ1n) is 10.7. The largest absolute Gasteiger partial charge is 0.497 e. The van der Waals surface area contributed by atoms with Crippen molar-refractivity contribution in [3.8, 4) is 22.8 Å². The molecule has 0 fully saturated rings. The van der Waals surface area contributed by atoms with Crippen LogP contribution < -0.4 is 10.1 Å². The SMILES string of the molecule is COc1cccc(C(CNC(=O)c2nc(-c3ccccc3)n(-c3ccccc3)n2)N(C)C)c1. The predicted molar refractivity (Wildman–Crippen MR) is 129 cm³/mol. The fourth-order valence-electron chi connectivity index (χ4n) is 3.65. The molecule has 3 aromatic carbocycles. The molecule has 168 valence electrons. The van der Waals surface area contributed by atoms with E-state index in [0.29, 0.717) is 12.4 Å². The van der Waals surface area contributed by atoms with Gasteiger partial charge in [-0.2, -0.15) is 0 Å². The number of nitrogens with one attached hydrogen (secondary N) is 1. The summed E-state index contributed by atoms with van der Waals surface area (Å²) in [6, 6.07) is 27.2. The third-order valence-corrected chi connectivity index (χ3v) is 5.40. The predicted octanol–water partition coefficient (Wildman–Crippen LogP) is 3.98. The molecule has 33 heavy (non-hydrogen) atoms. The lowest BCUT2D eigenvalue weighted by Crippen LogP contribution is -2.35. The van der Waals surface area contributed by atoms with Crippen LogP contribution in [0.5, 0.6) is 5.75 Å². The van der Waals surface area contributed by atoms with Crippen molar-refractivity contribution in [2.75, 3.05) is 27.7 Å². The maximum absolute atomic E-state index is 13.1. The molecule has 1 N–H and O–H groups in total. The lowest BCUT2D eigenvalue weighted by atomic mass is 10.1. The number of hydrogen-bond donors (Lipinski definition) is 1. The highest BCUT2D eigenvalue weighted by Gasteiger charge is 2.21. The highest BCUT2D eigenvalue weighted by molar-refractivity contribution is 5.91. The first kappa shape index (κ1) is 22.2. The van der Waals surface area contributed by atoms with Gasteiger partial charge in [0, 0.05) is 12.1 Å². The Balaban J connectivity index is 1.59. The number of carbonyl (C=O) groups is 1. The van der Waals surface area contributed by atoms with E-state index in [9.17, 15) is 4.79 Å². The summed E-state index contributed by atoms with van der Waals surface area (Å²) in [7, 11) is 5.60. The van der Waals surface area contributed by atoms with Crippen LogP contribution in [-0.4, -0.2) is 53.3 Å². The topological polar surface area (TPSA) is 72.3 Å². The normalized spacial score (nSPS) is 11.9. The maximum atomic E-state index is 13.1. The van der Waals surface area contributed by atoms with Gasteiger partial charge < -0.3 is 15.0 Å². The second-order valence-electron chi connectivity index (χ2n) is 7.84. The molecule has 1 atom stereocenters. The van der Waals surface area contributed by atoms with Crippen LogP contribution in [0.2, 0.25) is 0 Å². The van der Waals surface area contributed by atoms with Crippen LogP contribution in [0.1, 0.15) is 22.2 Å². The minimum atomic E-state index is -0.323. The lowest BCUT2D eigenvalue weighted by molar-refractivity contribution is 0.0931. The fourth-order valence-corrected chi connectivity index (χ4v) is 3.65. The number of para-hydroxylation sites is 1. The van der Waals surface area contributed by atoms with Crippen LogP contribution in [0.4, 0.5) is 0 Å². The van der Waals surface area contributed by atoms with Crippen LogP contribution >= 0.6 is 0 Å². The van der Waals surface area contributed by atoms with Crippen LogP contribution in [0.25, 0.3) is 17.1 Å². The van der Waals surface area contributed by atoms with Crippen LogP contribution in [0.3, 0.4) is 0 Å². The van der Waals surface area contributed by atoms with E-state index in [1.54, 1.807) is 11.8 Å². The van der Waals surface area contributed by atoms with E-state index in [0.717, 1.165) is 22.6 Å². The second kappa shape index (κ2) is 10.1. The Morgan fingerprint density at radius 3 is 2.36 bits per heavy atom. The van der Waals surface area contributed by atoms with Gasteiger partial charge in [0.25, 0.3) is 5.91 Å². The molecule has 1 unspecified atom stereocenters. The van der Waals surface area contributed by atoms with Crippen molar-refractivity contribution in [3.05, 3.63) is 96.3 Å². The molecule has 0 aliphatic carbocycles. The summed E-state index contributed by atoms with van der Waals surface area (Å²) >= 11 is 0. The van der Waals surface area contributed by atoms with E-state index in [2.05, 4.69) is 20.3 Å². The van der Waals surface area contributed by atoms with Crippen molar-refractivity contribution in [3.63, 3.8) is 0 Å². The number of benzene rings is 3. The number of amides is 1. The summed E-state index contributed by atoms with van der Waals surface area (Å²) in [5.74, 6) is 1.20. The van der Waals surface area contributed by atoms with Crippen molar-refractivity contribution < 1.29 is 9.53 Å². The van der Waals surface area contributed by atoms with Gasteiger partial charge in [-0.3, -0.25) is 4.79 Å². The molecule has 0 bridgehead atoms. The number of methoxy groups -OCH3 is 1. The molecular formula is C26H27N5O2. The Morgan fingerprint density at radius 1 is 1.00 bits per heavy atom. The Kier molecular flexibility index (Phi) is 6.80. The Hall–Kier alpha value is -3.97. The molecule has 0 aliphatic heterocycles. The van der Waals surface area contributed by atoms with Crippen molar-refractivity contribution in [1.29, 1.82) is 0 Å². The second-order valence-corrected chi connectivity index (χ2v) is 7.84. The molecule has 4 aromatic rings. The third-order valence-electron chi connectivity index (χ3n) is 5.40. The molecular weight excluding hydrogens is 414 g/mol. The zero-order valence-corrected chi connectivity index (χ0v) is 19.0. The van der Waals surface area contributed by atoms with Gasteiger partial charge in [0.15, 0.2) is 5.82 Å². The zero-order valence-electron chi connectivity index (χ0n) is 19.0. The summed E-state index contributed by atoms with van der Waals surface area (Å²) in [5.41, 5.74) is 2.77. The number of rotatable bonds is 8. The standard InChI is InChI=1S/C26H27N5O2/c1-30(2)23(20-13-10-16-22(17-20)33-3)18-27-26(32)24-28-25(19-11-6-4-7-12-19)31(29-24)21-14-8-5-9-15-21/h4-17,23H,18H2,1-3H3,(H,27,32). The van der Waals surface area contributed by atoms with Crippen LogP contribution in [-0.2, 0) is 0 Å². The van der Waals surface area contributed by atoms with E-state index < -0.39 is 0 Å². The van der Waals surface area contributed by atoms with E-state index >= 15 is 0 Å². The van der Waals surface area contributed by atoms with E-state index in [4.69, 9.17) is 4.74 Å². The van der Waals surface area contributed by atoms with Crippen LogP contribution in [0, 0.1) is 0 Å². The van der Waals surface area contributed by atoms with Crippen LogP contribution in [0.15, 0.2) is 84.9 Å². The van der Waals surface area contributed by atoms with Gasteiger partial charge in [0.1, 0.15) is 5.75 Å². The number of likely N-dealkylation sites (N-methyl/N-ethyl adjacent to an activating group) is 1. The molecule has 0 saturated carbocycles. The first-order valence-corrected chi connectivity index (χ1v) is 10.7. The average molecular weight is 442 g/mol. The summed E-state index contributed by atoms with van der Waals surface area (Å²) in [6.07, 6.45) is 0. The Labute approximate surface area is 193 Å². The van der Waals surface area contributed by atoms with Crippen molar-refractivity contribution >= 4 is 5.91 Å².